The number of anilines is 1. The molecule has 1 saturated carbocycles. The van der Waals surface area contributed by atoms with E-state index in [4.69, 9.17) is 11.6 Å². The molecular weight excluding hydrogens is 300 g/mol. The Kier molecular flexibility index (Phi) is 5.23. The number of esters is 1. The molecule has 1 fully saturated rings. The molecule has 0 atom stereocenters. The van der Waals surface area contributed by atoms with Gasteiger partial charge in [0.25, 0.3) is 0 Å². The maximum atomic E-state index is 11.4. The number of carbonyl (C=O) groups excluding carboxylic acids is 1. The highest BCUT2D eigenvalue weighted by atomic mass is 35.5. The fraction of sp³-hybridized carbons (Fsp3) is 0.692. The summed E-state index contributed by atoms with van der Waals surface area (Å²) in [5.74, 6) is -0.492. The number of ether oxygens (including phenoxy) is 1. The smallest absolute Gasteiger partial charge is 0.351 e. The van der Waals surface area contributed by atoms with Gasteiger partial charge in [-0.1, -0.05) is 48.6 Å². The Morgan fingerprint density at radius 1 is 1.45 bits per heavy atom. The van der Waals surface area contributed by atoms with Crippen molar-refractivity contribution in [2.75, 3.05) is 19.0 Å². The van der Waals surface area contributed by atoms with Gasteiger partial charge in [0.05, 0.1) is 12.7 Å². The number of rotatable bonds is 4. The number of hydrogen-bond donors (Lipinski definition) is 2. The Balaban J connectivity index is 1.98. The van der Waals surface area contributed by atoms with Crippen LogP contribution in [-0.4, -0.2) is 35.3 Å². The van der Waals surface area contributed by atoms with E-state index in [1.165, 1.54) is 20.0 Å². The van der Waals surface area contributed by atoms with Gasteiger partial charge in [-0.15, -0.1) is 0 Å². The molecule has 0 aromatic carbocycles. The molecule has 0 aliphatic heterocycles. The molecule has 1 aliphatic rings. The molecule has 1 aromatic heterocycles. The third-order valence-electron chi connectivity index (χ3n) is 3.56. The normalized spacial score (nSPS) is 18.4. The predicted octanol–water partition coefficient (Wildman–Crippen LogP) is 3.08. The van der Waals surface area contributed by atoms with Crippen LogP contribution in [0.2, 0.25) is 5.15 Å². The summed E-state index contributed by atoms with van der Waals surface area (Å²) in [6.07, 6.45) is 6.04. The zero-order valence-electron chi connectivity index (χ0n) is 11.4. The second-order valence-corrected chi connectivity index (χ2v) is 6.48. The molecule has 0 bridgehead atoms. The summed E-state index contributed by atoms with van der Waals surface area (Å²) < 4.78 is 4.63. The van der Waals surface area contributed by atoms with Gasteiger partial charge >= 0.3 is 5.97 Å². The number of aliphatic hydroxyl groups is 1. The molecule has 0 saturated heterocycles. The van der Waals surface area contributed by atoms with E-state index in [9.17, 15) is 9.90 Å². The summed E-state index contributed by atoms with van der Waals surface area (Å²) in [6, 6.07) is 0. The molecule has 20 heavy (non-hydrogen) atoms. The molecule has 1 aliphatic carbocycles. The van der Waals surface area contributed by atoms with E-state index in [0.29, 0.717) is 11.7 Å². The molecule has 1 aromatic rings. The summed E-state index contributed by atoms with van der Waals surface area (Å²) in [4.78, 5) is 15.8. The lowest BCUT2D eigenvalue weighted by atomic mass is 9.95. The molecule has 0 radical (unpaired) electrons. The third kappa shape index (κ3) is 3.84. The fourth-order valence-corrected chi connectivity index (χ4v) is 3.50. The van der Waals surface area contributed by atoms with Crippen molar-refractivity contribution in [1.82, 2.24) is 4.98 Å². The van der Waals surface area contributed by atoms with Crippen molar-refractivity contribution in [3.63, 3.8) is 0 Å². The number of hydrogen-bond acceptors (Lipinski definition) is 6. The van der Waals surface area contributed by atoms with Crippen molar-refractivity contribution in [2.45, 2.75) is 44.1 Å². The molecule has 7 heteroatoms. The minimum Gasteiger partial charge on any atom is -0.465 e. The van der Waals surface area contributed by atoms with Crippen molar-refractivity contribution in [2.24, 2.45) is 0 Å². The highest BCUT2D eigenvalue weighted by Crippen LogP contribution is 2.30. The zero-order chi connectivity index (χ0) is 14.6. The van der Waals surface area contributed by atoms with Gasteiger partial charge in [0.1, 0.15) is 0 Å². The van der Waals surface area contributed by atoms with E-state index >= 15 is 0 Å². The third-order valence-corrected chi connectivity index (χ3v) is 4.94. The van der Waals surface area contributed by atoms with Crippen LogP contribution in [0.4, 0.5) is 5.13 Å². The van der Waals surface area contributed by atoms with E-state index in [2.05, 4.69) is 15.0 Å². The van der Waals surface area contributed by atoms with Crippen molar-refractivity contribution >= 4 is 34.0 Å². The van der Waals surface area contributed by atoms with Crippen LogP contribution in [0.25, 0.3) is 0 Å². The first-order valence-electron chi connectivity index (χ1n) is 6.75. The van der Waals surface area contributed by atoms with E-state index in [0.717, 1.165) is 37.0 Å². The number of methoxy groups -OCH3 is 1. The molecule has 0 spiro atoms. The molecule has 0 unspecified atom stereocenters. The Morgan fingerprint density at radius 3 is 2.70 bits per heavy atom. The van der Waals surface area contributed by atoms with Gasteiger partial charge in [0, 0.05) is 6.54 Å². The number of nitrogens with zero attached hydrogens (tertiary/aromatic N) is 1. The molecule has 0 amide bonds. The molecule has 112 valence electrons. The minimum atomic E-state index is -0.694. The lowest BCUT2D eigenvalue weighted by Gasteiger charge is -2.26. The van der Waals surface area contributed by atoms with Gasteiger partial charge in [-0.05, 0) is 12.8 Å². The van der Waals surface area contributed by atoms with E-state index < -0.39 is 11.6 Å². The predicted molar refractivity (Wildman–Crippen MR) is 79.6 cm³/mol. The van der Waals surface area contributed by atoms with Crippen molar-refractivity contribution in [3.05, 3.63) is 10.0 Å². The number of thiazole rings is 1. The highest BCUT2D eigenvalue weighted by molar-refractivity contribution is 7.18. The molecule has 1 heterocycles. The summed E-state index contributed by atoms with van der Waals surface area (Å²) in [7, 11) is 1.31. The van der Waals surface area contributed by atoms with E-state index in [-0.39, 0.29) is 10.0 Å². The first-order valence-corrected chi connectivity index (χ1v) is 7.94. The topological polar surface area (TPSA) is 71.5 Å². The second-order valence-electron chi connectivity index (χ2n) is 5.12. The van der Waals surface area contributed by atoms with Gasteiger partial charge in [-0.2, -0.15) is 0 Å². The van der Waals surface area contributed by atoms with Gasteiger partial charge < -0.3 is 15.2 Å². The Labute approximate surface area is 127 Å². The number of nitrogens with one attached hydrogen (secondary N) is 1. The first kappa shape index (κ1) is 15.5. The van der Waals surface area contributed by atoms with E-state index in [1.54, 1.807) is 0 Å². The summed E-state index contributed by atoms with van der Waals surface area (Å²) >= 11 is 7.04. The van der Waals surface area contributed by atoms with Crippen molar-refractivity contribution < 1.29 is 14.6 Å². The summed E-state index contributed by atoms with van der Waals surface area (Å²) in [6.45, 7) is 0.428. The first-order chi connectivity index (χ1) is 9.54. The molecule has 2 rings (SSSR count). The maximum absolute atomic E-state index is 11.4. The standard InChI is InChI=1S/C13H19ClN2O3S/c1-19-11(17)9-10(14)16-12(20-9)15-8-13(18)6-4-2-3-5-7-13/h18H,2-8H2,1H3,(H,15,16). The van der Waals surface area contributed by atoms with Crippen LogP contribution in [-0.2, 0) is 4.74 Å². The van der Waals surface area contributed by atoms with Crippen molar-refractivity contribution in [1.29, 1.82) is 0 Å². The van der Waals surface area contributed by atoms with Crippen LogP contribution in [0, 0.1) is 0 Å². The SMILES string of the molecule is COC(=O)c1sc(NCC2(O)CCCCCC2)nc1Cl. The zero-order valence-corrected chi connectivity index (χ0v) is 13.0. The Bertz CT molecular complexity index is 470. The lowest BCUT2D eigenvalue weighted by molar-refractivity contribution is 0.0381. The Hall–Kier alpha value is -0.850. The van der Waals surface area contributed by atoms with Crippen LogP contribution in [0.15, 0.2) is 0 Å². The largest absolute Gasteiger partial charge is 0.465 e. The van der Waals surface area contributed by atoms with Crippen LogP contribution < -0.4 is 5.32 Å². The minimum absolute atomic E-state index is 0.136. The van der Waals surface area contributed by atoms with Crippen LogP contribution in [0.5, 0.6) is 0 Å². The number of carbonyl (C=O) groups is 1. The number of halogens is 1. The van der Waals surface area contributed by atoms with Crippen LogP contribution in [0.1, 0.15) is 48.2 Å². The summed E-state index contributed by atoms with van der Waals surface area (Å²) in [5, 5.41) is 14.3. The highest BCUT2D eigenvalue weighted by Gasteiger charge is 2.28. The van der Waals surface area contributed by atoms with Crippen LogP contribution >= 0.6 is 22.9 Å². The molecular formula is C13H19ClN2O3S. The quantitative estimate of drug-likeness (QED) is 0.659. The number of aromatic nitrogens is 1. The Morgan fingerprint density at radius 2 is 2.10 bits per heavy atom. The maximum Gasteiger partial charge on any atom is 0.351 e. The van der Waals surface area contributed by atoms with Gasteiger partial charge in [0.2, 0.25) is 0 Å². The molecule has 5 nitrogen and oxygen atoms in total. The van der Waals surface area contributed by atoms with Crippen LogP contribution in [0.3, 0.4) is 0 Å². The average Bonchev–Trinajstić information content (AvgIpc) is 2.66. The van der Waals surface area contributed by atoms with Crippen molar-refractivity contribution in [3.8, 4) is 0 Å². The van der Waals surface area contributed by atoms with E-state index in [1.807, 2.05) is 0 Å². The average molecular weight is 319 g/mol. The summed E-state index contributed by atoms with van der Waals surface area (Å²) in [5.41, 5.74) is -0.694. The van der Waals surface area contributed by atoms with Gasteiger partial charge in [-0.25, -0.2) is 9.78 Å². The second kappa shape index (κ2) is 6.74. The van der Waals surface area contributed by atoms with Gasteiger partial charge in [0.15, 0.2) is 15.2 Å². The lowest BCUT2D eigenvalue weighted by Crippen LogP contribution is -2.36. The molecule has 2 N–H and O–H groups in total. The monoisotopic (exact) mass is 318 g/mol. The fourth-order valence-electron chi connectivity index (χ4n) is 2.40. The van der Waals surface area contributed by atoms with Gasteiger partial charge in [-0.3, -0.25) is 0 Å².